The summed E-state index contributed by atoms with van der Waals surface area (Å²) in [5, 5.41) is 14.1. The van der Waals surface area contributed by atoms with Crippen LogP contribution in [0.1, 0.15) is 17.5 Å². The number of carbonyl (C=O) groups excluding carboxylic acids is 1. The SMILES string of the molecule is CCn1ccnc1C(=O)N1C[C@@H](O)[C@H](Oc2cnn(C)c2)C1. The molecule has 8 heteroatoms. The van der Waals surface area contributed by atoms with E-state index in [0.717, 1.165) is 0 Å². The van der Waals surface area contributed by atoms with Crippen molar-refractivity contribution in [3.8, 4) is 5.75 Å². The zero-order valence-corrected chi connectivity index (χ0v) is 12.6. The van der Waals surface area contributed by atoms with Gasteiger partial charge in [0.05, 0.1) is 25.5 Å². The van der Waals surface area contributed by atoms with E-state index in [1.165, 1.54) is 0 Å². The Labute approximate surface area is 127 Å². The third kappa shape index (κ3) is 2.69. The van der Waals surface area contributed by atoms with Crippen LogP contribution in [0.5, 0.6) is 5.75 Å². The predicted molar refractivity (Wildman–Crippen MR) is 77.4 cm³/mol. The van der Waals surface area contributed by atoms with E-state index < -0.39 is 12.2 Å². The number of amides is 1. The molecule has 0 unspecified atom stereocenters. The van der Waals surface area contributed by atoms with Gasteiger partial charge in [-0.3, -0.25) is 9.48 Å². The number of likely N-dealkylation sites (tertiary alicyclic amines) is 1. The van der Waals surface area contributed by atoms with Gasteiger partial charge < -0.3 is 19.3 Å². The van der Waals surface area contributed by atoms with E-state index in [4.69, 9.17) is 4.74 Å². The lowest BCUT2D eigenvalue weighted by molar-refractivity contribution is 0.0725. The molecule has 8 nitrogen and oxygen atoms in total. The van der Waals surface area contributed by atoms with Gasteiger partial charge in [0.1, 0.15) is 12.2 Å². The third-order valence-corrected chi connectivity index (χ3v) is 3.74. The number of β-amino-alcohol motifs (C(OH)–C–C–N with tert-alkyl or cyclic N) is 1. The summed E-state index contributed by atoms with van der Waals surface area (Å²) in [6, 6.07) is 0. The van der Waals surface area contributed by atoms with Gasteiger partial charge in [-0.1, -0.05) is 0 Å². The molecule has 0 bridgehead atoms. The average molecular weight is 305 g/mol. The highest BCUT2D eigenvalue weighted by molar-refractivity contribution is 5.91. The highest BCUT2D eigenvalue weighted by atomic mass is 16.5. The minimum atomic E-state index is -0.728. The molecule has 2 atom stereocenters. The number of rotatable bonds is 4. The number of aromatic nitrogens is 4. The molecule has 0 saturated carbocycles. The maximum atomic E-state index is 12.5. The lowest BCUT2D eigenvalue weighted by Gasteiger charge is -2.16. The van der Waals surface area contributed by atoms with Crippen molar-refractivity contribution in [2.24, 2.45) is 7.05 Å². The molecule has 3 heterocycles. The minimum absolute atomic E-state index is 0.191. The molecule has 0 aromatic carbocycles. The van der Waals surface area contributed by atoms with Crippen molar-refractivity contribution in [1.29, 1.82) is 0 Å². The van der Waals surface area contributed by atoms with Gasteiger partial charge in [0.25, 0.3) is 5.91 Å². The molecule has 0 aliphatic carbocycles. The number of ether oxygens (including phenoxy) is 1. The lowest BCUT2D eigenvalue weighted by atomic mass is 10.3. The summed E-state index contributed by atoms with van der Waals surface area (Å²) in [7, 11) is 1.79. The highest BCUT2D eigenvalue weighted by Crippen LogP contribution is 2.19. The van der Waals surface area contributed by atoms with E-state index in [9.17, 15) is 9.90 Å². The number of hydrogen-bond donors (Lipinski definition) is 1. The van der Waals surface area contributed by atoms with Crippen molar-refractivity contribution in [3.63, 3.8) is 0 Å². The van der Waals surface area contributed by atoms with E-state index in [1.807, 2.05) is 6.92 Å². The fourth-order valence-electron chi connectivity index (χ4n) is 2.58. The molecular weight excluding hydrogens is 286 g/mol. The van der Waals surface area contributed by atoms with Crippen LogP contribution in [0.25, 0.3) is 0 Å². The van der Waals surface area contributed by atoms with Crippen molar-refractivity contribution < 1.29 is 14.6 Å². The number of aryl methyl sites for hydroxylation is 2. The van der Waals surface area contributed by atoms with Gasteiger partial charge in [0, 0.05) is 26.0 Å². The Morgan fingerprint density at radius 3 is 3.00 bits per heavy atom. The van der Waals surface area contributed by atoms with Crippen molar-refractivity contribution in [1.82, 2.24) is 24.2 Å². The minimum Gasteiger partial charge on any atom is -0.482 e. The van der Waals surface area contributed by atoms with Crippen molar-refractivity contribution in [2.45, 2.75) is 25.7 Å². The summed E-state index contributed by atoms with van der Waals surface area (Å²) in [5.41, 5.74) is 0. The van der Waals surface area contributed by atoms with Gasteiger partial charge >= 0.3 is 0 Å². The Kier molecular flexibility index (Phi) is 3.84. The summed E-state index contributed by atoms with van der Waals surface area (Å²) in [5.74, 6) is 0.774. The van der Waals surface area contributed by atoms with Crippen LogP contribution in [0, 0.1) is 0 Å². The topological polar surface area (TPSA) is 85.4 Å². The van der Waals surface area contributed by atoms with Gasteiger partial charge in [-0.05, 0) is 6.92 Å². The number of hydrogen-bond acceptors (Lipinski definition) is 5. The number of carbonyl (C=O) groups is 1. The van der Waals surface area contributed by atoms with E-state index in [-0.39, 0.29) is 12.5 Å². The first-order chi connectivity index (χ1) is 10.6. The second kappa shape index (κ2) is 5.80. The second-order valence-electron chi connectivity index (χ2n) is 5.32. The number of imidazole rings is 1. The molecule has 1 amide bonds. The van der Waals surface area contributed by atoms with Crippen molar-refractivity contribution >= 4 is 5.91 Å². The van der Waals surface area contributed by atoms with Crippen LogP contribution < -0.4 is 4.74 Å². The standard InChI is InChI=1S/C14H19N5O3/c1-3-18-5-4-15-13(18)14(21)19-8-11(20)12(9-19)22-10-6-16-17(2)7-10/h4-7,11-12,20H,3,8-9H2,1-2H3/t11-,12-/m1/s1. The Morgan fingerprint density at radius 2 is 2.32 bits per heavy atom. The first-order valence-corrected chi connectivity index (χ1v) is 7.22. The zero-order valence-electron chi connectivity index (χ0n) is 12.6. The Balaban J connectivity index is 1.68. The third-order valence-electron chi connectivity index (χ3n) is 3.74. The first kappa shape index (κ1) is 14.6. The summed E-state index contributed by atoms with van der Waals surface area (Å²) in [4.78, 5) is 18.2. The Bertz CT molecular complexity index is 665. The van der Waals surface area contributed by atoms with Gasteiger partial charge in [-0.2, -0.15) is 5.10 Å². The molecule has 0 radical (unpaired) electrons. The van der Waals surface area contributed by atoms with Gasteiger partial charge in [-0.15, -0.1) is 0 Å². The second-order valence-corrected chi connectivity index (χ2v) is 5.32. The molecule has 2 aromatic heterocycles. The zero-order chi connectivity index (χ0) is 15.7. The normalized spacial score (nSPS) is 21.3. The molecule has 2 aromatic rings. The molecule has 22 heavy (non-hydrogen) atoms. The summed E-state index contributed by atoms with van der Waals surface area (Å²) < 4.78 is 9.11. The number of aliphatic hydroxyl groups excluding tert-OH is 1. The molecule has 1 fully saturated rings. The summed E-state index contributed by atoms with van der Waals surface area (Å²) in [6.07, 6.45) is 5.49. The van der Waals surface area contributed by atoms with E-state index in [1.54, 1.807) is 46.0 Å². The van der Waals surface area contributed by atoms with Crippen LogP contribution in [-0.4, -0.2) is 60.5 Å². The highest BCUT2D eigenvalue weighted by Gasteiger charge is 2.37. The van der Waals surface area contributed by atoms with Crippen LogP contribution in [-0.2, 0) is 13.6 Å². The molecule has 118 valence electrons. The van der Waals surface area contributed by atoms with Crippen LogP contribution >= 0.6 is 0 Å². The van der Waals surface area contributed by atoms with Gasteiger partial charge in [0.15, 0.2) is 11.6 Å². The fraction of sp³-hybridized carbons (Fsp3) is 0.500. The maximum Gasteiger partial charge on any atom is 0.290 e. The molecule has 0 spiro atoms. The smallest absolute Gasteiger partial charge is 0.290 e. The van der Waals surface area contributed by atoms with Crippen molar-refractivity contribution in [3.05, 3.63) is 30.6 Å². The molecule has 3 rings (SSSR count). The largest absolute Gasteiger partial charge is 0.482 e. The Hall–Kier alpha value is -2.35. The number of aliphatic hydroxyl groups is 1. The summed E-state index contributed by atoms with van der Waals surface area (Å²) in [6.45, 7) is 3.19. The Morgan fingerprint density at radius 1 is 1.50 bits per heavy atom. The van der Waals surface area contributed by atoms with E-state index in [0.29, 0.717) is 24.7 Å². The van der Waals surface area contributed by atoms with Crippen LogP contribution in [0.3, 0.4) is 0 Å². The van der Waals surface area contributed by atoms with Crippen molar-refractivity contribution in [2.75, 3.05) is 13.1 Å². The molecular formula is C14H19N5O3. The average Bonchev–Trinajstić information content (AvgIpc) is 3.20. The molecule has 1 aliphatic heterocycles. The molecule has 1 N–H and O–H groups in total. The summed E-state index contributed by atoms with van der Waals surface area (Å²) >= 11 is 0. The van der Waals surface area contributed by atoms with Gasteiger partial charge in [-0.25, -0.2) is 4.98 Å². The fourth-order valence-corrected chi connectivity index (χ4v) is 2.58. The van der Waals surface area contributed by atoms with E-state index in [2.05, 4.69) is 10.1 Å². The monoisotopic (exact) mass is 305 g/mol. The molecule has 1 aliphatic rings. The molecule has 1 saturated heterocycles. The quantitative estimate of drug-likeness (QED) is 0.852. The predicted octanol–water partition coefficient (Wildman–Crippen LogP) is -0.0992. The number of nitrogens with zero attached hydrogens (tertiary/aromatic N) is 5. The van der Waals surface area contributed by atoms with Crippen LogP contribution in [0.15, 0.2) is 24.8 Å². The first-order valence-electron chi connectivity index (χ1n) is 7.22. The van der Waals surface area contributed by atoms with Crippen LogP contribution in [0.2, 0.25) is 0 Å². The van der Waals surface area contributed by atoms with Crippen LogP contribution in [0.4, 0.5) is 0 Å². The van der Waals surface area contributed by atoms with Gasteiger partial charge in [0.2, 0.25) is 0 Å². The lowest BCUT2D eigenvalue weighted by Crippen LogP contribution is -2.32. The maximum absolute atomic E-state index is 12.5. The van der Waals surface area contributed by atoms with E-state index >= 15 is 0 Å².